The molecular formula is C16H22F3N4O+. The van der Waals surface area contributed by atoms with Crippen molar-refractivity contribution in [3.63, 3.8) is 0 Å². The smallest absolute Gasteiger partial charge is 0.349 e. The summed E-state index contributed by atoms with van der Waals surface area (Å²) in [6.45, 7) is 6.76. The Balaban J connectivity index is 2.12. The largest absolute Gasteiger partial charge is 0.449 e. The molecule has 0 aliphatic carbocycles. The van der Waals surface area contributed by atoms with Crippen LogP contribution in [0.3, 0.4) is 0 Å². The van der Waals surface area contributed by atoms with Crippen LogP contribution < -0.4 is 10.2 Å². The van der Waals surface area contributed by atoms with Gasteiger partial charge in [0.05, 0.1) is 37.2 Å². The van der Waals surface area contributed by atoms with E-state index in [0.717, 1.165) is 24.2 Å². The lowest BCUT2D eigenvalue weighted by atomic mass is 10.3. The van der Waals surface area contributed by atoms with E-state index < -0.39 is 24.5 Å². The van der Waals surface area contributed by atoms with E-state index in [0.29, 0.717) is 12.1 Å². The first kappa shape index (κ1) is 18.3. The van der Waals surface area contributed by atoms with Gasteiger partial charge in [-0.1, -0.05) is 12.1 Å². The molecule has 0 saturated carbocycles. The first-order valence-corrected chi connectivity index (χ1v) is 7.99. The third-order valence-electron chi connectivity index (χ3n) is 4.01. The van der Waals surface area contributed by atoms with Crippen LogP contribution in [0.25, 0.3) is 11.0 Å². The van der Waals surface area contributed by atoms with Crippen LogP contribution in [0.5, 0.6) is 0 Å². The summed E-state index contributed by atoms with van der Waals surface area (Å²) >= 11 is 0. The van der Waals surface area contributed by atoms with Crippen molar-refractivity contribution in [2.75, 3.05) is 26.2 Å². The van der Waals surface area contributed by atoms with Gasteiger partial charge in [0.2, 0.25) is 11.7 Å². The van der Waals surface area contributed by atoms with E-state index in [2.05, 4.69) is 10.3 Å². The highest BCUT2D eigenvalue weighted by atomic mass is 19.4. The summed E-state index contributed by atoms with van der Waals surface area (Å²) in [6, 6.07) is 6.28. The lowest BCUT2D eigenvalue weighted by Gasteiger charge is -2.16. The minimum absolute atomic E-state index is 0.227. The van der Waals surface area contributed by atoms with Crippen LogP contribution in [-0.4, -0.2) is 41.6 Å². The van der Waals surface area contributed by atoms with Gasteiger partial charge in [-0.3, -0.25) is 4.79 Å². The number of hydrogen-bond donors (Lipinski definition) is 2. The van der Waals surface area contributed by atoms with Gasteiger partial charge < -0.3 is 14.8 Å². The summed E-state index contributed by atoms with van der Waals surface area (Å²) in [7, 11) is 0. The van der Waals surface area contributed by atoms with Crippen molar-refractivity contribution in [3.05, 3.63) is 30.1 Å². The van der Waals surface area contributed by atoms with Crippen molar-refractivity contribution in [1.82, 2.24) is 14.9 Å². The summed E-state index contributed by atoms with van der Waals surface area (Å²) in [6.07, 6.45) is -4.61. The van der Waals surface area contributed by atoms with Crippen molar-refractivity contribution < 1.29 is 22.9 Å². The summed E-state index contributed by atoms with van der Waals surface area (Å²) in [4.78, 5) is 17.0. The molecule has 0 radical (unpaired) electrons. The molecule has 8 heteroatoms. The molecule has 0 fully saturated rings. The number of benzene rings is 1. The van der Waals surface area contributed by atoms with E-state index in [1.54, 1.807) is 12.1 Å². The molecule has 0 atom stereocenters. The van der Waals surface area contributed by atoms with E-state index in [1.807, 2.05) is 13.8 Å². The van der Waals surface area contributed by atoms with E-state index in [1.165, 1.54) is 17.0 Å². The SMILES string of the molecule is CC[NH+](CC)CCNC(=O)Cn1c(C(F)(F)F)nc2ccccc21. The Bertz CT molecular complexity index is 692. The maximum Gasteiger partial charge on any atom is 0.449 e. The number of carbonyl (C=O) groups is 1. The van der Waals surface area contributed by atoms with Crippen LogP contribution in [0.15, 0.2) is 24.3 Å². The number of carbonyl (C=O) groups excluding carboxylic acids is 1. The predicted molar refractivity (Wildman–Crippen MR) is 84.7 cm³/mol. The van der Waals surface area contributed by atoms with Gasteiger partial charge in [-0.2, -0.15) is 13.2 Å². The van der Waals surface area contributed by atoms with E-state index >= 15 is 0 Å². The highest BCUT2D eigenvalue weighted by Crippen LogP contribution is 2.31. The fourth-order valence-corrected chi connectivity index (χ4v) is 2.63. The Morgan fingerprint density at radius 2 is 1.92 bits per heavy atom. The number of alkyl halides is 3. The molecule has 132 valence electrons. The number of halogens is 3. The second-order valence-electron chi connectivity index (χ2n) is 5.57. The average Bonchev–Trinajstić information content (AvgIpc) is 2.91. The highest BCUT2D eigenvalue weighted by molar-refractivity contribution is 5.81. The molecule has 0 bridgehead atoms. The number of nitrogens with zero attached hydrogens (tertiary/aromatic N) is 2. The molecule has 0 aliphatic heterocycles. The monoisotopic (exact) mass is 343 g/mol. The predicted octanol–water partition coefficient (Wildman–Crippen LogP) is 1.10. The fraction of sp³-hybridized carbons (Fsp3) is 0.500. The van der Waals surface area contributed by atoms with Crippen molar-refractivity contribution in [2.24, 2.45) is 0 Å². The Morgan fingerprint density at radius 3 is 2.54 bits per heavy atom. The van der Waals surface area contributed by atoms with Gasteiger partial charge in [-0.25, -0.2) is 4.98 Å². The summed E-state index contributed by atoms with van der Waals surface area (Å²) in [5.41, 5.74) is 0.527. The molecule has 24 heavy (non-hydrogen) atoms. The first-order chi connectivity index (χ1) is 11.4. The third-order valence-corrected chi connectivity index (χ3v) is 4.01. The number of quaternary nitrogens is 1. The maximum absolute atomic E-state index is 13.2. The van der Waals surface area contributed by atoms with Gasteiger partial charge in [-0.05, 0) is 26.0 Å². The number of rotatable bonds is 7. The Morgan fingerprint density at radius 1 is 1.25 bits per heavy atom. The van der Waals surface area contributed by atoms with E-state index in [9.17, 15) is 18.0 Å². The minimum atomic E-state index is -4.61. The normalized spacial score (nSPS) is 12.1. The summed E-state index contributed by atoms with van der Waals surface area (Å²) < 4.78 is 40.4. The first-order valence-electron chi connectivity index (χ1n) is 7.99. The number of likely N-dealkylation sites (N-methyl/N-ethyl adjacent to an activating group) is 1. The lowest BCUT2D eigenvalue weighted by Crippen LogP contribution is -3.12. The highest BCUT2D eigenvalue weighted by Gasteiger charge is 2.37. The van der Waals surface area contributed by atoms with Gasteiger partial charge in [0, 0.05) is 0 Å². The Hall–Kier alpha value is -2.09. The summed E-state index contributed by atoms with van der Waals surface area (Å²) in [5.74, 6) is -1.50. The quantitative estimate of drug-likeness (QED) is 0.791. The molecule has 0 spiro atoms. The van der Waals surface area contributed by atoms with E-state index in [-0.39, 0.29) is 5.52 Å². The van der Waals surface area contributed by atoms with Gasteiger partial charge in [0.1, 0.15) is 6.54 Å². The van der Waals surface area contributed by atoms with Gasteiger partial charge in [0.25, 0.3) is 0 Å². The molecule has 5 nitrogen and oxygen atoms in total. The molecule has 2 rings (SSSR count). The van der Waals surface area contributed by atoms with Crippen LogP contribution >= 0.6 is 0 Å². The number of amides is 1. The standard InChI is InChI=1S/C16H21F3N4O/c1-3-22(4-2)10-9-20-14(24)11-23-13-8-6-5-7-12(13)21-15(23)16(17,18)19/h5-8H,3-4,9-11H2,1-2H3,(H,20,24)/p+1. The second-order valence-corrected chi connectivity index (χ2v) is 5.57. The zero-order chi connectivity index (χ0) is 17.7. The number of imidazole rings is 1. The van der Waals surface area contributed by atoms with Crippen LogP contribution in [0.2, 0.25) is 0 Å². The molecule has 0 saturated heterocycles. The van der Waals surface area contributed by atoms with Crippen LogP contribution in [0, 0.1) is 0 Å². The fourth-order valence-electron chi connectivity index (χ4n) is 2.63. The topological polar surface area (TPSA) is 51.4 Å². The lowest BCUT2D eigenvalue weighted by molar-refractivity contribution is -0.895. The van der Waals surface area contributed by atoms with Crippen LogP contribution in [0.4, 0.5) is 13.2 Å². The van der Waals surface area contributed by atoms with Crippen molar-refractivity contribution in [2.45, 2.75) is 26.6 Å². The van der Waals surface area contributed by atoms with Crippen molar-refractivity contribution >= 4 is 16.9 Å². The molecule has 0 aliphatic rings. The zero-order valence-corrected chi connectivity index (χ0v) is 13.8. The van der Waals surface area contributed by atoms with Gasteiger partial charge in [-0.15, -0.1) is 0 Å². The second kappa shape index (κ2) is 7.65. The van der Waals surface area contributed by atoms with Gasteiger partial charge in [0.15, 0.2) is 0 Å². The molecular weight excluding hydrogens is 321 g/mol. The third kappa shape index (κ3) is 4.25. The van der Waals surface area contributed by atoms with Crippen molar-refractivity contribution in [3.8, 4) is 0 Å². The average molecular weight is 343 g/mol. The Kier molecular flexibility index (Phi) is 5.82. The number of nitrogens with one attached hydrogen (secondary N) is 2. The van der Waals surface area contributed by atoms with E-state index in [4.69, 9.17) is 0 Å². The summed E-state index contributed by atoms with van der Waals surface area (Å²) in [5, 5.41) is 2.69. The molecule has 1 aromatic heterocycles. The molecule has 1 amide bonds. The van der Waals surface area contributed by atoms with Gasteiger partial charge >= 0.3 is 6.18 Å². The zero-order valence-electron chi connectivity index (χ0n) is 13.8. The Labute approximate surface area is 138 Å². The van der Waals surface area contributed by atoms with Crippen molar-refractivity contribution in [1.29, 1.82) is 0 Å². The molecule has 0 unspecified atom stereocenters. The number of hydrogen-bond acceptors (Lipinski definition) is 2. The number of para-hydroxylation sites is 2. The number of fused-ring (bicyclic) bond motifs is 1. The maximum atomic E-state index is 13.2. The minimum Gasteiger partial charge on any atom is -0.349 e. The molecule has 1 heterocycles. The number of aromatic nitrogens is 2. The molecule has 2 N–H and O–H groups in total. The molecule has 1 aromatic carbocycles. The van der Waals surface area contributed by atoms with Crippen LogP contribution in [0.1, 0.15) is 19.7 Å². The van der Waals surface area contributed by atoms with Crippen LogP contribution in [-0.2, 0) is 17.5 Å². The molecule has 2 aromatic rings.